The zero-order chi connectivity index (χ0) is 18.3. The lowest BCUT2D eigenvalue weighted by molar-refractivity contribution is 0.0711. The number of guanidine groups is 1. The average molecular weight is 495 g/mol. The third-order valence-electron chi connectivity index (χ3n) is 3.67. The van der Waals surface area contributed by atoms with Crippen LogP contribution < -0.4 is 10.6 Å². The van der Waals surface area contributed by atoms with Gasteiger partial charge in [0.05, 0.1) is 6.54 Å². The van der Waals surface area contributed by atoms with Gasteiger partial charge in [0.1, 0.15) is 17.2 Å². The van der Waals surface area contributed by atoms with Gasteiger partial charge in [0, 0.05) is 23.5 Å². The summed E-state index contributed by atoms with van der Waals surface area (Å²) >= 11 is 1.47. The van der Waals surface area contributed by atoms with E-state index in [4.69, 9.17) is 0 Å². The summed E-state index contributed by atoms with van der Waals surface area (Å²) in [6.45, 7) is 4.77. The number of nitrogens with one attached hydrogen (secondary N) is 2. The first kappa shape index (κ1) is 22.8. The lowest BCUT2D eigenvalue weighted by atomic mass is 10.1. The number of aliphatic imine (C=N–C) groups is 1. The van der Waals surface area contributed by atoms with Gasteiger partial charge < -0.3 is 15.7 Å². The van der Waals surface area contributed by atoms with E-state index in [1.807, 2.05) is 24.4 Å². The Kier molecular flexibility index (Phi) is 9.45. The van der Waals surface area contributed by atoms with Gasteiger partial charge in [-0.05, 0) is 43.8 Å². The fourth-order valence-corrected chi connectivity index (χ4v) is 3.09. The maximum atomic E-state index is 13.6. The van der Waals surface area contributed by atoms with Crippen LogP contribution in [0.15, 0.2) is 40.7 Å². The SMILES string of the molecule is CCNC(=NCC(C)(O)c1cccs1)NCCc1c(F)cccc1F.I. The maximum absolute atomic E-state index is 13.6. The number of hydrogen-bond acceptors (Lipinski definition) is 3. The van der Waals surface area contributed by atoms with E-state index in [9.17, 15) is 13.9 Å². The highest BCUT2D eigenvalue weighted by Gasteiger charge is 2.24. The van der Waals surface area contributed by atoms with Crippen molar-refractivity contribution in [2.75, 3.05) is 19.6 Å². The van der Waals surface area contributed by atoms with Gasteiger partial charge in [0.2, 0.25) is 0 Å². The molecule has 0 aliphatic carbocycles. The molecular formula is C18H24F2IN3OS. The second kappa shape index (κ2) is 10.8. The summed E-state index contributed by atoms with van der Waals surface area (Å²) in [6.07, 6.45) is 0.199. The molecule has 144 valence electrons. The van der Waals surface area contributed by atoms with Crippen LogP contribution in [0, 0.1) is 11.6 Å². The van der Waals surface area contributed by atoms with Crippen molar-refractivity contribution in [1.82, 2.24) is 10.6 Å². The molecule has 0 amide bonds. The van der Waals surface area contributed by atoms with E-state index in [0.717, 1.165) is 4.88 Å². The molecule has 1 unspecified atom stereocenters. The average Bonchev–Trinajstić information content (AvgIpc) is 3.11. The third kappa shape index (κ3) is 6.48. The standard InChI is InChI=1S/C18H23F2N3OS.HI/c1-3-21-17(23-12-18(2,24)16-8-5-11-25-16)22-10-9-13-14(19)6-4-7-15(13)20;/h4-8,11,24H,3,9-10,12H2,1-2H3,(H2,21,22,23);1H. The Morgan fingerprint density at radius 2 is 1.88 bits per heavy atom. The molecule has 8 heteroatoms. The molecule has 1 aromatic carbocycles. The van der Waals surface area contributed by atoms with Crippen LogP contribution in [-0.4, -0.2) is 30.7 Å². The summed E-state index contributed by atoms with van der Waals surface area (Å²) in [4.78, 5) is 5.21. The number of halogens is 3. The number of rotatable bonds is 7. The van der Waals surface area contributed by atoms with Gasteiger partial charge in [-0.25, -0.2) is 13.8 Å². The van der Waals surface area contributed by atoms with Gasteiger partial charge in [-0.1, -0.05) is 12.1 Å². The van der Waals surface area contributed by atoms with E-state index in [1.165, 1.54) is 29.5 Å². The fraction of sp³-hybridized carbons (Fsp3) is 0.389. The van der Waals surface area contributed by atoms with E-state index in [2.05, 4.69) is 15.6 Å². The highest BCUT2D eigenvalue weighted by molar-refractivity contribution is 14.0. The lowest BCUT2D eigenvalue weighted by Crippen LogP contribution is -2.39. The highest BCUT2D eigenvalue weighted by atomic mass is 127. The number of benzene rings is 1. The van der Waals surface area contributed by atoms with E-state index < -0.39 is 17.2 Å². The summed E-state index contributed by atoms with van der Waals surface area (Å²) < 4.78 is 27.3. The van der Waals surface area contributed by atoms with Crippen molar-refractivity contribution in [1.29, 1.82) is 0 Å². The van der Waals surface area contributed by atoms with Gasteiger partial charge in [0.25, 0.3) is 0 Å². The van der Waals surface area contributed by atoms with Crippen molar-refractivity contribution in [3.8, 4) is 0 Å². The molecule has 0 spiro atoms. The quantitative estimate of drug-likeness (QED) is 0.313. The molecular weight excluding hydrogens is 471 g/mol. The van der Waals surface area contributed by atoms with Gasteiger partial charge in [-0.2, -0.15) is 0 Å². The molecule has 0 aliphatic heterocycles. The van der Waals surface area contributed by atoms with E-state index in [-0.39, 0.29) is 42.5 Å². The minimum absolute atomic E-state index is 0. The maximum Gasteiger partial charge on any atom is 0.191 e. The van der Waals surface area contributed by atoms with Gasteiger partial charge in [-0.15, -0.1) is 35.3 Å². The van der Waals surface area contributed by atoms with Crippen LogP contribution in [0.2, 0.25) is 0 Å². The molecule has 2 aromatic rings. The van der Waals surface area contributed by atoms with Crippen molar-refractivity contribution >= 4 is 41.3 Å². The Hall–Kier alpha value is -1.26. The van der Waals surface area contributed by atoms with Crippen LogP contribution >= 0.6 is 35.3 Å². The first-order valence-corrected chi connectivity index (χ1v) is 9.03. The van der Waals surface area contributed by atoms with Crippen LogP contribution in [-0.2, 0) is 12.0 Å². The zero-order valence-corrected chi connectivity index (χ0v) is 17.9. The molecule has 0 fully saturated rings. The minimum atomic E-state index is -1.06. The fourth-order valence-electron chi connectivity index (χ4n) is 2.31. The normalized spacial score (nSPS) is 13.7. The van der Waals surface area contributed by atoms with Gasteiger partial charge in [0.15, 0.2) is 5.96 Å². The predicted molar refractivity (Wildman–Crippen MR) is 113 cm³/mol. The smallest absolute Gasteiger partial charge is 0.191 e. The van der Waals surface area contributed by atoms with E-state index >= 15 is 0 Å². The van der Waals surface area contributed by atoms with Crippen molar-refractivity contribution in [3.05, 3.63) is 57.8 Å². The first-order chi connectivity index (χ1) is 11.9. The summed E-state index contributed by atoms with van der Waals surface area (Å²) in [7, 11) is 0. The van der Waals surface area contributed by atoms with Crippen LogP contribution in [0.1, 0.15) is 24.3 Å². The van der Waals surface area contributed by atoms with Crippen molar-refractivity contribution in [3.63, 3.8) is 0 Å². The van der Waals surface area contributed by atoms with E-state index in [0.29, 0.717) is 19.0 Å². The summed E-state index contributed by atoms with van der Waals surface area (Å²) in [5.41, 5.74) is -1.01. The molecule has 1 aromatic heterocycles. The molecule has 0 saturated heterocycles. The number of aliphatic hydroxyl groups is 1. The third-order valence-corrected chi connectivity index (χ3v) is 4.79. The Morgan fingerprint density at radius 3 is 2.46 bits per heavy atom. The van der Waals surface area contributed by atoms with E-state index in [1.54, 1.807) is 6.92 Å². The number of hydrogen-bond donors (Lipinski definition) is 3. The Labute approximate surface area is 173 Å². The van der Waals surface area contributed by atoms with Crippen LogP contribution in [0.4, 0.5) is 8.78 Å². The predicted octanol–water partition coefficient (Wildman–Crippen LogP) is 3.65. The molecule has 26 heavy (non-hydrogen) atoms. The van der Waals surface area contributed by atoms with Crippen LogP contribution in [0.3, 0.4) is 0 Å². The zero-order valence-electron chi connectivity index (χ0n) is 14.8. The van der Waals surface area contributed by atoms with Crippen LogP contribution in [0.5, 0.6) is 0 Å². The monoisotopic (exact) mass is 495 g/mol. The number of nitrogens with zero attached hydrogens (tertiary/aromatic N) is 1. The van der Waals surface area contributed by atoms with Gasteiger partial charge >= 0.3 is 0 Å². The molecule has 0 aliphatic rings. The Morgan fingerprint density at radius 1 is 1.19 bits per heavy atom. The van der Waals surface area contributed by atoms with Crippen molar-refractivity contribution in [2.45, 2.75) is 25.9 Å². The topological polar surface area (TPSA) is 56.7 Å². The molecule has 2 rings (SSSR count). The van der Waals surface area contributed by atoms with Crippen molar-refractivity contribution in [2.24, 2.45) is 4.99 Å². The molecule has 0 radical (unpaired) electrons. The summed E-state index contributed by atoms with van der Waals surface area (Å²) in [6, 6.07) is 7.58. The van der Waals surface area contributed by atoms with Crippen molar-refractivity contribution < 1.29 is 13.9 Å². The molecule has 0 saturated carbocycles. The summed E-state index contributed by atoms with van der Waals surface area (Å²) in [5.74, 6) is -0.607. The minimum Gasteiger partial charge on any atom is -0.383 e. The molecule has 1 atom stereocenters. The second-order valence-corrected chi connectivity index (χ2v) is 6.77. The highest BCUT2D eigenvalue weighted by Crippen LogP contribution is 2.25. The van der Waals surface area contributed by atoms with Gasteiger partial charge in [-0.3, -0.25) is 0 Å². The molecule has 1 heterocycles. The molecule has 4 nitrogen and oxygen atoms in total. The first-order valence-electron chi connectivity index (χ1n) is 8.15. The van der Waals surface area contributed by atoms with Crippen LogP contribution in [0.25, 0.3) is 0 Å². The Balaban J connectivity index is 0.00000338. The molecule has 3 N–H and O–H groups in total. The number of thiophene rings is 1. The Bertz CT molecular complexity index is 688. The largest absolute Gasteiger partial charge is 0.383 e. The lowest BCUT2D eigenvalue weighted by Gasteiger charge is -2.20. The second-order valence-electron chi connectivity index (χ2n) is 5.82. The summed E-state index contributed by atoms with van der Waals surface area (Å²) in [5, 5.41) is 18.5. The molecule has 0 bridgehead atoms.